The summed E-state index contributed by atoms with van der Waals surface area (Å²) >= 11 is 0. The van der Waals surface area contributed by atoms with Crippen LogP contribution in [0.25, 0.3) is 11.3 Å². The van der Waals surface area contributed by atoms with Gasteiger partial charge in [-0.1, -0.05) is 25.5 Å². The van der Waals surface area contributed by atoms with Gasteiger partial charge in [-0.3, -0.25) is 0 Å². The molecule has 0 bridgehead atoms. The van der Waals surface area contributed by atoms with Gasteiger partial charge in [0, 0.05) is 18.2 Å². The highest BCUT2D eigenvalue weighted by molar-refractivity contribution is 5.76. The van der Waals surface area contributed by atoms with Gasteiger partial charge in [-0.2, -0.15) is 0 Å². The Labute approximate surface area is 124 Å². The monoisotopic (exact) mass is 284 g/mol. The van der Waals surface area contributed by atoms with Crippen molar-refractivity contribution in [3.63, 3.8) is 0 Å². The van der Waals surface area contributed by atoms with Crippen LogP contribution < -0.4 is 10.6 Å². The Kier molecular flexibility index (Phi) is 3.64. The summed E-state index contributed by atoms with van der Waals surface area (Å²) in [4.78, 5) is 0. The third-order valence-corrected chi connectivity index (χ3v) is 3.82. The summed E-state index contributed by atoms with van der Waals surface area (Å²) in [6.45, 7) is 4.92. The summed E-state index contributed by atoms with van der Waals surface area (Å²) in [7, 11) is 0. The van der Waals surface area contributed by atoms with Crippen LogP contribution in [-0.4, -0.2) is 27.9 Å². The lowest BCUT2D eigenvalue weighted by Crippen LogP contribution is -2.33. The lowest BCUT2D eigenvalue weighted by atomic mass is 10.1. The maximum absolute atomic E-state index is 10.2. The van der Waals surface area contributed by atoms with Crippen molar-refractivity contribution >= 4 is 11.5 Å². The highest BCUT2D eigenvalue weighted by Crippen LogP contribution is 2.34. The van der Waals surface area contributed by atoms with Crippen LogP contribution in [0.4, 0.5) is 11.5 Å². The molecule has 0 radical (unpaired) electrons. The zero-order chi connectivity index (χ0) is 14.8. The number of aryl methyl sites for hydroxylation is 1. The van der Waals surface area contributed by atoms with E-state index < -0.39 is 0 Å². The number of hydrogen-bond acceptors (Lipinski definition) is 5. The number of nitrogens with zero attached hydrogens (tertiary/aromatic N) is 2. The molecule has 1 unspecified atom stereocenters. The molecule has 0 saturated carbocycles. The molecule has 3 rings (SSSR count). The molecule has 110 valence electrons. The van der Waals surface area contributed by atoms with Crippen LogP contribution in [0.2, 0.25) is 0 Å². The first-order valence-corrected chi connectivity index (χ1v) is 7.36. The van der Waals surface area contributed by atoms with Crippen molar-refractivity contribution in [1.82, 2.24) is 10.2 Å². The van der Waals surface area contributed by atoms with Crippen molar-refractivity contribution < 1.29 is 5.11 Å². The molecule has 2 heterocycles. The van der Waals surface area contributed by atoms with Crippen LogP contribution in [0.5, 0.6) is 5.75 Å². The molecular weight excluding hydrogens is 264 g/mol. The Bertz CT molecular complexity index is 657. The first kappa shape index (κ1) is 13.7. The van der Waals surface area contributed by atoms with Crippen LogP contribution in [0.15, 0.2) is 24.3 Å². The second-order valence-electron chi connectivity index (χ2n) is 5.47. The van der Waals surface area contributed by atoms with Crippen LogP contribution in [0.3, 0.4) is 0 Å². The Morgan fingerprint density at radius 1 is 1.33 bits per heavy atom. The lowest BCUT2D eigenvalue weighted by molar-refractivity contribution is 0.473. The number of phenols is 1. The van der Waals surface area contributed by atoms with E-state index >= 15 is 0 Å². The first-order chi connectivity index (χ1) is 10.2. The van der Waals surface area contributed by atoms with Gasteiger partial charge in [0.05, 0.1) is 11.4 Å². The lowest BCUT2D eigenvalue weighted by Gasteiger charge is -2.27. The molecule has 3 N–H and O–H groups in total. The number of anilines is 2. The number of fused-ring (bicyclic) bond motifs is 1. The molecule has 1 atom stereocenters. The summed E-state index contributed by atoms with van der Waals surface area (Å²) < 4.78 is 0. The summed E-state index contributed by atoms with van der Waals surface area (Å²) in [5.41, 5.74) is 3.18. The molecule has 0 fully saturated rings. The highest BCUT2D eigenvalue weighted by atomic mass is 16.3. The molecule has 5 heteroatoms. The van der Waals surface area contributed by atoms with Crippen molar-refractivity contribution in [2.24, 2.45) is 0 Å². The van der Waals surface area contributed by atoms with Gasteiger partial charge in [0.1, 0.15) is 5.75 Å². The second-order valence-corrected chi connectivity index (χ2v) is 5.47. The molecule has 5 nitrogen and oxygen atoms in total. The van der Waals surface area contributed by atoms with Crippen LogP contribution in [0.1, 0.15) is 25.3 Å². The van der Waals surface area contributed by atoms with E-state index in [0.717, 1.165) is 36.5 Å². The SMILES string of the molecule is CCCC1CNc2nnc(-c3cccc(C)c3O)cc2N1. The molecule has 1 aliphatic heterocycles. The molecular formula is C16H20N4O. The molecule has 0 spiro atoms. The van der Waals surface area contributed by atoms with Crippen molar-refractivity contribution in [3.8, 4) is 17.0 Å². The minimum Gasteiger partial charge on any atom is -0.507 e. The molecule has 0 amide bonds. The summed E-state index contributed by atoms with van der Waals surface area (Å²) in [5, 5.41) is 25.4. The largest absolute Gasteiger partial charge is 0.507 e. The number of aromatic nitrogens is 2. The molecule has 1 aromatic heterocycles. The van der Waals surface area contributed by atoms with Crippen molar-refractivity contribution in [2.45, 2.75) is 32.7 Å². The average Bonchev–Trinajstić information content (AvgIpc) is 2.50. The minimum absolute atomic E-state index is 0.264. The van der Waals surface area contributed by atoms with E-state index in [1.807, 2.05) is 31.2 Å². The Morgan fingerprint density at radius 3 is 3.00 bits per heavy atom. The van der Waals surface area contributed by atoms with Gasteiger partial charge < -0.3 is 15.7 Å². The predicted molar refractivity (Wildman–Crippen MR) is 84.7 cm³/mol. The number of phenolic OH excluding ortho intramolecular Hbond substituents is 1. The van der Waals surface area contributed by atoms with Crippen molar-refractivity contribution in [2.75, 3.05) is 17.2 Å². The molecule has 21 heavy (non-hydrogen) atoms. The zero-order valence-electron chi connectivity index (χ0n) is 12.3. The van der Waals surface area contributed by atoms with Gasteiger partial charge in [-0.05, 0) is 31.0 Å². The van der Waals surface area contributed by atoms with Gasteiger partial charge in [0.25, 0.3) is 0 Å². The van der Waals surface area contributed by atoms with Crippen LogP contribution >= 0.6 is 0 Å². The number of nitrogens with one attached hydrogen (secondary N) is 2. The summed E-state index contributed by atoms with van der Waals surface area (Å²) in [6.07, 6.45) is 2.25. The third kappa shape index (κ3) is 2.63. The van der Waals surface area contributed by atoms with E-state index in [-0.39, 0.29) is 5.75 Å². The standard InChI is InChI=1S/C16H20N4O/c1-3-5-11-9-17-16-14(18-11)8-13(19-20-16)12-7-4-6-10(2)15(12)21/h4,6-8,11,18,21H,3,5,9H2,1-2H3,(H,17,20). The number of hydrogen-bond donors (Lipinski definition) is 3. The zero-order valence-corrected chi connectivity index (χ0v) is 12.3. The van der Waals surface area contributed by atoms with Gasteiger partial charge in [-0.15, -0.1) is 10.2 Å². The smallest absolute Gasteiger partial charge is 0.172 e. The second kappa shape index (κ2) is 5.60. The molecule has 1 aliphatic rings. The number of aromatic hydroxyl groups is 1. The van der Waals surface area contributed by atoms with Gasteiger partial charge >= 0.3 is 0 Å². The van der Waals surface area contributed by atoms with Crippen molar-refractivity contribution in [3.05, 3.63) is 29.8 Å². The van der Waals surface area contributed by atoms with Gasteiger partial charge in [0.2, 0.25) is 0 Å². The quantitative estimate of drug-likeness (QED) is 0.807. The molecule has 2 aromatic rings. The number of rotatable bonds is 3. The van der Waals surface area contributed by atoms with E-state index in [1.54, 1.807) is 0 Å². The molecule has 1 aromatic carbocycles. The first-order valence-electron chi connectivity index (χ1n) is 7.36. The summed E-state index contributed by atoms with van der Waals surface area (Å²) in [6, 6.07) is 8.01. The van der Waals surface area contributed by atoms with Crippen LogP contribution in [0, 0.1) is 6.92 Å². The number of benzene rings is 1. The third-order valence-electron chi connectivity index (χ3n) is 3.82. The molecule has 0 saturated heterocycles. The Balaban J connectivity index is 1.96. The number of para-hydroxylation sites is 1. The Morgan fingerprint density at radius 2 is 2.19 bits per heavy atom. The van der Waals surface area contributed by atoms with Crippen molar-refractivity contribution in [1.29, 1.82) is 0 Å². The van der Waals surface area contributed by atoms with E-state index in [4.69, 9.17) is 0 Å². The van der Waals surface area contributed by atoms with E-state index in [1.165, 1.54) is 0 Å². The highest BCUT2D eigenvalue weighted by Gasteiger charge is 2.19. The normalized spacial score (nSPS) is 16.8. The summed E-state index contributed by atoms with van der Waals surface area (Å²) in [5.74, 6) is 1.04. The van der Waals surface area contributed by atoms with Gasteiger partial charge in [0.15, 0.2) is 5.82 Å². The average molecular weight is 284 g/mol. The van der Waals surface area contributed by atoms with E-state index in [2.05, 4.69) is 27.8 Å². The Hall–Kier alpha value is -2.30. The maximum Gasteiger partial charge on any atom is 0.172 e. The van der Waals surface area contributed by atoms with E-state index in [9.17, 15) is 5.11 Å². The fourth-order valence-electron chi connectivity index (χ4n) is 2.64. The fourth-order valence-corrected chi connectivity index (χ4v) is 2.64. The van der Waals surface area contributed by atoms with E-state index in [0.29, 0.717) is 17.3 Å². The predicted octanol–water partition coefficient (Wildman–Crippen LogP) is 3.16. The molecule has 0 aliphatic carbocycles. The van der Waals surface area contributed by atoms with Crippen LogP contribution in [-0.2, 0) is 0 Å². The fraction of sp³-hybridized carbons (Fsp3) is 0.375. The topological polar surface area (TPSA) is 70.1 Å². The van der Waals surface area contributed by atoms with Gasteiger partial charge in [-0.25, -0.2) is 0 Å². The maximum atomic E-state index is 10.2. The minimum atomic E-state index is 0.264.